The van der Waals surface area contributed by atoms with Crippen molar-refractivity contribution >= 4 is 26.0 Å². The van der Waals surface area contributed by atoms with Gasteiger partial charge in [0.2, 0.25) is 26.0 Å². The Bertz CT molecular complexity index is 937. The SMILES string of the molecule is Cc1ccc(S(=O)(=O)N2CCC(NC(=O)C3CCCN(S(C)(=O)=O)C3)CC2)cc1. The number of rotatable bonds is 5. The van der Waals surface area contributed by atoms with Crippen LogP contribution < -0.4 is 5.32 Å². The molecule has 1 unspecified atom stereocenters. The number of sulfonamides is 2. The van der Waals surface area contributed by atoms with Crippen LogP contribution in [0.3, 0.4) is 0 Å². The normalized spacial score (nSPS) is 23.0. The molecular weight excluding hydrogens is 414 g/mol. The van der Waals surface area contributed by atoms with E-state index in [1.807, 2.05) is 6.92 Å². The lowest BCUT2D eigenvalue weighted by Gasteiger charge is -2.34. The first-order chi connectivity index (χ1) is 13.6. The smallest absolute Gasteiger partial charge is 0.243 e. The number of carbonyl (C=O) groups excluding carboxylic acids is 1. The number of nitrogens with zero attached hydrogens (tertiary/aromatic N) is 2. The van der Waals surface area contributed by atoms with E-state index >= 15 is 0 Å². The number of hydrogen-bond acceptors (Lipinski definition) is 5. The second-order valence-corrected chi connectivity index (χ2v) is 11.9. The van der Waals surface area contributed by atoms with Crippen molar-refractivity contribution in [1.82, 2.24) is 13.9 Å². The zero-order valence-electron chi connectivity index (χ0n) is 16.9. The van der Waals surface area contributed by atoms with Crippen LogP contribution in [0.5, 0.6) is 0 Å². The van der Waals surface area contributed by atoms with E-state index in [0.29, 0.717) is 45.3 Å². The summed E-state index contributed by atoms with van der Waals surface area (Å²) in [5.74, 6) is -0.494. The molecule has 0 radical (unpaired) electrons. The van der Waals surface area contributed by atoms with Crippen molar-refractivity contribution in [1.29, 1.82) is 0 Å². The highest BCUT2D eigenvalue weighted by atomic mass is 32.2. The maximum Gasteiger partial charge on any atom is 0.243 e. The highest BCUT2D eigenvalue weighted by Gasteiger charge is 2.33. The van der Waals surface area contributed by atoms with Crippen molar-refractivity contribution in [2.24, 2.45) is 5.92 Å². The molecule has 1 aromatic carbocycles. The van der Waals surface area contributed by atoms with Gasteiger partial charge in [-0.05, 0) is 44.7 Å². The summed E-state index contributed by atoms with van der Waals surface area (Å²) in [7, 11) is -6.83. The van der Waals surface area contributed by atoms with Gasteiger partial charge in [0, 0.05) is 32.2 Å². The lowest BCUT2D eigenvalue weighted by molar-refractivity contribution is -0.127. The van der Waals surface area contributed by atoms with Gasteiger partial charge in [-0.15, -0.1) is 0 Å². The lowest BCUT2D eigenvalue weighted by Crippen LogP contribution is -2.50. The Labute approximate surface area is 173 Å². The Morgan fingerprint density at radius 2 is 1.59 bits per heavy atom. The Hall–Kier alpha value is -1.49. The molecule has 29 heavy (non-hydrogen) atoms. The van der Waals surface area contributed by atoms with Crippen molar-refractivity contribution < 1.29 is 21.6 Å². The summed E-state index contributed by atoms with van der Waals surface area (Å²) < 4.78 is 51.9. The average molecular weight is 444 g/mol. The van der Waals surface area contributed by atoms with Gasteiger partial charge in [0.1, 0.15) is 0 Å². The summed E-state index contributed by atoms with van der Waals surface area (Å²) in [5, 5.41) is 3.00. The van der Waals surface area contributed by atoms with Crippen LogP contribution in [-0.2, 0) is 24.8 Å². The molecule has 0 spiro atoms. The van der Waals surface area contributed by atoms with E-state index in [9.17, 15) is 21.6 Å². The minimum atomic E-state index is -3.53. The van der Waals surface area contributed by atoms with Gasteiger partial charge in [-0.3, -0.25) is 4.79 Å². The summed E-state index contributed by atoms with van der Waals surface area (Å²) in [6.45, 7) is 3.28. The predicted molar refractivity (Wildman–Crippen MR) is 110 cm³/mol. The Kier molecular flexibility index (Phi) is 6.67. The monoisotopic (exact) mass is 443 g/mol. The summed E-state index contributed by atoms with van der Waals surface area (Å²) >= 11 is 0. The van der Waals surface area contributed by atoms with E-state index in [-0.39, 0.29) is 29.3 Å². The molecule has 1 aromatic rings. The predicted octanol–water partition coefficient (Wildman–Crippen LogP) is 0.936. The molecule has 162 valence electrons. The molecule has 3 rings (SSSR count). The molecule has 2 aliphatic heterocycles. The van der Waals surface area contributed by atoms with Gasteiger partial charge in [-0.25, -0.2) is 21.1 Å². The third-order valence-corrected chi connectivity index (χ3v) is 8.87. The summed E-state index contributed by atoms with van der Waals surface area (Å²) in [4.78, 5) is 12.9. The summed E-state index contributed by atoms with van der Waals surface area (Å²) in [6, 6.07) is 6.71. The minimum Gasteiger partial charge on any atom is -0.353 e. The lowest BCUT2D eigenvalue weighted by atomic mass is 9.97. The second-order valence-electron chi connectivity index (χ2n) is 7.96. The number of hydrogen-bond donors (Lipinski definition) is 1. The molecule has 2 saturated heterocycles. The molecular formula is C19H29N3O5S2. The van der Waals surface area contributed by atoms with Crippen molar-refractivity contribution in [2.75, 3.05) is 32.4 Å². The molecule has 0 bridgehead atoms. The van der Waals surface area contributed by atoms with Gasteiger partial charge in [-0.1, -0.05) is 17.7 Å². The third-order valence-electron chi connectivity index (χ3n) is 5.68. The quantitative estimate of drug-likeness (QED) is 0.729. The van der Waals surface area contributed by atoms with Gasteiger partial charge in [0.05, 0.1) is 17.1 Å². The maximum absolute atomic E-state index is 12.8. The first-order valence-electron chi connectivity index (χ1n) is 9.89. The first kappa shape index (κ1) is 22.2. The van der Waals surface area contributed by atoms with Gasteiger partial charge in [-0.2, -0.15) is 4.31 Å². The van der Waals surface area contributed by atoms with Crippen LogP contribution in [0, 0.1) is 12.8 Å². The molecule has 0 aromatic heterocycles. The van der Waals surface area contributed by atoms with Gasteiger partial charge < -0.3 is 5.32 Å². The van der Waals surface area contributed by atoms with Crippen molar-refractivity contribution in [3.63, 3.8) is 0 Å². The molecule has 2 heterocycles. The fraction of sp³-hybridized carbons (Fsp3) is 0.632. The van der Waals surface area contributed by atoms with E-state index in [4.69, 9.17) is 0 Å². The summed E-state index contributed by atoms with van der Waals surface area (Å²) in [6.07, 6.45) is 3.58. The number of carbonyl (C=O) groups is 1. The molecule has 8 nitrogen and oxygen atoms in total. The molecule has 0 saturated carbocycles. The fourth-order valence-electron chi connectivity index (χ4n) is 3.88. The van der Waals surface area contributed by atoms with Crippen LogP contribution in [0.25, 0.3) is 0 Å². The van der Waals surface area contributed by atoms with Crippen LogP contribution in [-0.4, -0.2) is 69.8 Å². The average Bonchev–Trinajstić information content (AvgIpc) is 2.68. The number of benzene rings is 1. The van der Waals surface area contributed by atoms with Crippen LogP contribution in [0.1, 0.15) is 31.2 Å². The third kappa shape index (κ3) is 5.36. The van der Waals surface area contributed by atoms with Crippen molar-refractivity contribution in [2.45, 2.75) is 43.5 Å². The molecule has 1 amide bonds. The first-order valence-corrected chi connectivity index (χ1v) is 13.2. The largest absolute Gasteiger partial charge is 0.353 e. The zero-order chi connectivity index (χ0) is 21.2. The van der Waals surface area contributed by atoms with Gasteiger partial charge >= 0.3 is 0 Å². The fourth-order valence-corrected chi connectivity index (χ4v) is 6.26. The van der Waals surface area contributed by atoms with E-state index < -0.39 is 20.0 Å². The minimum absolute atomic E-state index is 0.0967. The van der Waals surface area contributed by atoms with Crippen LogP contribution in [0.2, 0.25) is 0 Å². The Morgan fingerprint density at radius 1 is 0.966 bits per heavy atom. The number of amides is 1. The van der Waals surface area contributed by atoms with Crippen molar-refractivity contribution in [3.8, 4) is 0 Å². The highest BCUT2D eigenvalue weighted by molar-refractivity contribution is 7.89. The molecule has 0 aliphatic carbocycles. The zero-order valence-corrected chi connectivity index (χ0v) is 18.5. The van der Waals surface area contributed by atoms with Crippen molar-refractivity contribution in [3.05, 3.63) is 29.8 Å². The Balaban J connectivity index is 1.54. The maximum atomic E-state index is 12.8. The number of aryl methyl sites for hydroxylation is 1. The Morgan fingerprint density at radius 3 is 2.17 bits per heavy atom. The van der Waals surface area contributed by atoms with Gasteiger partial charge in [0.25, 0.3) is 0 Å². The molecule has 10 heteroatoms. The standard InChI is InChI=1S/C19H29N3O5S2/c1-15-5-7-18(8-6-15)29(26,27)21-12-9-17(10-13-21)20-19(23)16-4-3-11-22(14-16)28(2,24)25/h5-8,16-17H,3-4,9-14H2,1-2H3,(H,20,23). The molecule has 2 fully saturated rings. The highest BCUT2D eigenvalue weighted by Crippen LogP contribution is 2.23. The number of nitrogens with one attached hydrogen (secondary N) is 1. The van der Waals surface area contributed by atoms with E-state index in [1.165, 1.54) is 8.61 Å². The summed E-state index contributed by atoms with van der Waals surface area (Å²) in [5.41, 5.74) is 1.00. The topological polar surface area (TPSA) is 104 Å². The van der Waals surface area contributed by atoms with E-state index in [2.05, 4.69) is 5.32 Å². The van der Waals surface area contributed by atoms with E-state index in [1.54, 1.807) is 24.3 Å². The van der Waals surface area contributed by atoms with E-state index in [0.717, 1.165) is 11.8 Å². The molecule has 2 aliphatic rings. The molecule has 1 N–H and O–H groups in total. The van der Waals surface area contributed by atoms with Crippen LogP contribution in [0.4, 0.5) is 0 Å². The van der Waals surface area contributed by atoms with Crippen LogP contribution >= 0.6 is 0 Å². The number of piperidine rings is 2. The second kappa shape index (κ2) is 8.71. The van der Waals surface area contributed by atoms with Gasteiger partial charge in [0.15, 0.2) is 0 Å². The molecule has 1 atom stereocenters. The van der Waals surface area contributed by atoms with Crippen LogP contribution in [0.15, 0.2) is 29.2 Å².